The van der Waals surface area contributed by atoms with Crippen molar-refractivity contribution >= 4 is 10.9 Å². The molecule has 130 valence electrons. The number of para-hydroxylation sites is 1. The van der Waals surface area contributed by atoms with Crippen LogP contribution in [0.4, 0.5) is 13.2 Å². The number of aromatic amines is 1. The topological polar surface area (TPSA) is 58.9 Å². The quantitative estimate of drug-likeness (QED) is 0.545. The van der Waals surface area contributed by atoms with Crippen LogP contribution in [0.1, 0.15) is 23.6 Å². The Morgan fingerprint density at radius 3 is 2.24 bits per heavy atom. The summed E-state index contributed by atoms with van der Waals surface area (Å²) in [7, 11) is 0. The summed E-state index contributed by atoms with van der Waals surface area (Å²) in [6.45, 7) is 1.24. The molecule has 0 amide bonds. The molecule has 25 heavy (non-hydrogen) atoms. The number of rotatable bonds is 4. The zero-order chi connectivity index (χ0) is 18.2. The molecule has 1 aromatic heterocycles. The van der Waals surface area contributed by atoms with Gasteiger partial charge in [0.15, 0.2) is 0 Å². The van der Waals surface area contributed by atoms with Gasteiger partial charge in [0.05, 0.1) is 11.0 Å². The molecule has 0 radical (unpaired) electrons. The van der Waals surface area contributed by atoms with Crippen molar-refractivity contribution in [1.82, 2.24) is 4.98 Å². The van der Waals surface area contributed by atoms with Gasteiger partial charge in [-0.1, -0.05) is 30.3 Å². The summed E-state index contributed by atoms with van der Waals surface area (Å²) in [6, 6.07) is 11.9. The fourth-order valence-corrected chi connectivity index (χ4v) is 3.15. The Balaban J connectivity index is 2.15. The lowest BCUT2D eigenvalue weighted by Gasteiger charge is -2.26. The lowest BCUT2D eigenvalue weighted by atomic mass is 9.76. The Bertz CT molecular complexity index is 916. The fraction of sp³-hybridized carbons (Fsp3) is 0.222. The number of nitrogens with zero attached hydrogens (tertiary/aromatic N) is 1. The van der Waals surface area contributed by atoms with Crippen molar-refractivity contribution in [3.05, 3.63) is 81.5 Å². The molecule has 7 heteroatoms. The number of alkyl halides is 3. The molecule has 2 aromatic carbocycles. The highest BCUT2D eigenvalue weighted by molar-refractivity contribution is 5.84. The Labute approximate surface area is 141 Å². The summed E-state index contributed by atoms with van der Waals surface area (Å²) in [6.07, 6.45) is -2.76. The molecule has 0 spiro atoms. The van der Waals surface area contributed by atoms with Gasteiger partial charge in [-0.25, -0.2) is 0 Å². The number of aromatic nitrogens is 1. The first-order valence-corrected chi connectivity index (χ1v) is 7.58. The van der Waals surface area contributed by atoms with Crippen molar-refractivity contribution in [3.8, 4) is 0 Å². The average molecular weight is 348 g/mol. The number of nitrogens with one attached hydrogen (secondary N) is 1. The van der Waals surface area contributed by atoms with Gasteiger partial charge in [-0.15, -0.1) is 0 Å². The van der Waals surface area contributed by atoms with E-state index in [9.17, 15) is 23.3 Å². The van der Waals surface area contributed by atoms with Crippen LogP contribution in [0.15, 0.2) is 54.7 Å². The van der Waals surface area contributed by atoms with E-state index in [0.29, 0.717) is 11.1 Å². The number of nitro groups is 1. The third kappa shape index (κ3) is 3.09. The van der Waals surface area contributed by atoms with Crippen LogP contribution >= 0.6 is 0 Å². The van der Waals surface area contributed by atoms with E-state index in [-0.39, 0.29) is 0 Å². The Hall–Kier alpha value is -2.83. The molecule has 0 fully saturated rings. The smallest absolute Gasteiger partial charge is 0.361 e. The highest BCUT2D eigenvalue weighted by Crippen LogP contribution is 2.38. The van der Waals surface area contributed by atoms with Gasteiger partial charge >= 0.3 is 6.18 Å². The van der Waals surface area contributed by atoms with Gasteiger partial charge in [0.25, 0.3) is 0 Å². The van der Waals surface area contributed by atoms with E-state index >= 15 is 0 Å². The largest absolute Gasteiger partial charge is 0.416 e. The van der Waals surface area contributed by atoms with E-state index in [1.165, 1.54) is 12.1 Å². The maximum absolute atomic E-state index is 12.8. The highest BCUT2D eigenvalue weighted by atomic mass is 19.4. The van der Waals surface area contributed by atoms with Crippen LogP contribution in [-0.4, -0.2) is 16.5 Å². The Kier molecular flexibility index (Phi) is 4.02. The van der Waals surface area contributed by atoms with Crippen molar-refractivity contribution < 1.29 is 18.1 Å². The van der Waals surface area contributed by atoms with Crippen LogP contribution in [0.2, 0.25) is 0 Å². The summed E-state index contributed by atoms with van der Waals surface area (Å²) < 4.78 is 38.4. The molecule has 1 N–H and O–H groups in total. The molecule has 0 aliphatic carbocycles. The van der Waals surface area contributed by atoms with Crippen LogP contribution in [0.3, 0.4) is 0 Å². The molecular formula is C18H15F3N2O2. The van der Waals surface area contributed by atoms with Crippen LogP contribution in [-0.2, 0) is 11.6 Å². The summed E-state index contributed by atoms with van der Waals surface area (Å²) in [4.78, 5) is 13.9. The first kappa shape index (κ1) is 17.0. The third-order valence-corrected chi connectivity index (χ3v) is 4.48. The zero-order valence-electron chi connectivity index (χ0n) is 13.3. The SMILES string of the molecule is C[C@](C[N+](=O)[O-])(c1ccc(C(F)(F)F)cc1)c1c[nH]c2ccccc12. The maximum atomic E-state index is 12.8. The van der Waals surface area contributed by atoms with Gasteiger partial charge in [0.2, 0.25) is 6.54 Å². The maximum Gasteiger partial charge on any atom is 0.416 e. The molecule has 0 unspecified atom stereocenters. The first-order valence-electron chi connectivity index (χ1n) is 7.58. The van der Waals surface area contributed by atoms with Crippen molar-refractivity contribution in [2.45, 2.75) is 18.5 Å². The lowest BCUT2D eigenvalue weighted by molar-refractivity contribution is -0.488. The highest BCUT2D eigenvalue weighted by Gasteiger charge is 2.38. The van der Waals surface area contributed by atoms with Crippen molar-refractivity contribution in [3.63, 3.8) is 0 Å². The Morgan fingerprint density at radius 2 is 1.64 bits per heavy atom. The minimum atomic E-state index is -4.45. The van der Waals surface area contributed by atoms with E-state index in [0.717, 1.165) is 23.0 Å². The van der Waals surface area contributed by atoms with E-state index in [1.807, 2.05) is 24.3 Å². The molecule has 1 heterocycles. The zero-order valence-corrected chi connectivity index (χ0v) is 13.3. The summed E-state index contributed by atoms with van der Waals surface area (Å²) in [5.41, 5.74) is 0.117. The summed E-state index contributed by atoms with van der Waals surface area (Å²) >= 11 is 0. The normalized spacial score (nSPS) is 14.4. The lowest BCUT2D eigenvalue weighted by Crippen LogP contribution is -2.32. The van der Waals surface area contributed by atoms with Gasteiger partial charge in [0.1, 0.15) is 0 Å². The molecule has 3 rings (SSSR count). The first-order chi connectivity index (χ1) is 11.7. The molecular weight excluding hydrogens is 333 g/mol. The molecule has 0 saturated heterocycles. The molecule has 0 bridgehead atoms. The number of halogens is 3. The van der Waals surface area contributed by atoms with Crippen LogP contribution < -0.4 is 0 Å². The van der Waals surface area contributed by atoms with E-state index in [2.05, 4.69) is 4.98 Å². The van der Waals surface area contributed by atoms with Crippen molar-refractivity contribution in [1.29, 1.82) is 0 Å². The fourth-order valence-electron chi connectivity index (χ4n) is 3.15. The average Bonchev–Trinajstić information content (AvgIpc) is 2.98. The standard InChI is InChI=1S/C18H15F3N2O2/c1-17(11-23(24)25,12-6-8-13(9-7-12)18(19,20)21)15-10-22-16-5-3-2-4-14(15)16/h2-10,22H,11H2,1H3/t17-/m0/s1. The van der Waals surface area contributed by atoms with Gasteiger partial charge in [-0.05, 0) is 36.2 Å². The van der Waals surface area contributed by atoms with Gasteiger partial charge in [0, 0.05) is 22.0 Å². The molecule has 4 nitrogen and oxygen atoms in total. The second kappa shape index (κ2) is 5.91. The number of benzene rings is 2. The van der Waals surface area contributed by atoms with E-state index in [4.69, 9.17) is 0 Å². The van der Waals surface area contributed by atoms with Crippen molar-refractivity contribution in [2.24, 2.45) is 0 Å². The second-order valence-electron chi connectivity index (χ2n) is 6.15. The van der Waals surface area contributed by atoms with Gasteiger partial charge < -0.3 is 4.98 Å². The molecule has 1 atom stereocenters. The van der Waals surface area contributed by atoms with Crippen LogP contribution in [0.5, 0.6) is 0 Å². The van der Waals surface area contributed by atoms with Crippen LogP contribution in [0, 0.1) is 10.1 Å². The molecule has 3 aromatic rings. The number of hydrogen-bond donors (Lipinski definition) is 1. The van der Waals surface area contributed by atoms with E-state index in [1.54, 1.807) is 13.1 Å². The van der Waals surface area contributed by atoms with E-state index < -0.39 is 28.6 Å². The number of hydrogen-bond acceptors (Lipinski definition) is 2. The summed E-state index contributed by atoms with van der Waals surface area (Å²) in [5, 5.41) is 12.1. The molecule has 0 saturated carbocycles. The summed E-state index contributed by atoms with van der Waals surface area (Å²) in [5.74, 6) is 0. The minimum Gasteiger partial charge on any atom is -0.361 e. The second-order valence-corrected chi connectivity index (χ2v) is 6.15. The number of H-pyrrole nitrogens is 1. The van der Waals surface area contributed by atoms with Gasteiger partial charge in [-0.2, -0.15) is 13.2 Å². The number of fused-ring (bicyclic) bond motifs is 1. The molecule has 0 aliphatic heterocycles. The minimum absolute atomic E-state index is 0.430. The third-order valence-electron chi connectivity index (χ3n) is 4.48. The molecule has 0 aliphatic rings. The van der Waals surface area contributed by atoms with Gasteiger partial charge in [-0.3, -0.25) is 10.1 Å². The van der Waals surface area contributed by atoms with Crippen molar-refractivity contribution in [2.75, 3.05) is 6.54 Å². The predicted octanol–water partition coefficient (Wildman–Crippen LogP) is 4.77. The predicted molar refractivity (Wildman–Crippen MR) is 88.1 cm³/mol. The monoisotopic (exact) mass is 348 g/mol. The Morgan fingerprint density at radius 1 is 1.04 bits per heavy atom. The van der Waals surface area contributed by atoms with Crippen LogP contribution in [0.25, 0.3) is 10.9 Å².